The number of hydrogen-bond acceptors (Lipinski definition) is 1. The lowest BCUT2D eigenvalue weighted by Crippen LogP contribution is -2.32. The van der Waals surface area contributed by atoms with E-state index >= 15 is 0 Å². The van der Waals surface area contributed by atoms with Gasteiger partial charge in [-0.2, -0.15) is 0 Å². The van der Waals surface area contributed by atoms with Crippen molar-refractivity contribution >= 4 is 22.6 Å². The Morgan fingerprint density at radius 1 is 1.42 bits per heavy atom. The van der Waals surface area contributed by atoms with E-state index in [4.69, 9.17) is 0 Å². The molecule has 0 aliphatic carbocycles. The molecule has 0 aromatic heterocycles. The molecule has 0 saturated carbocycles. The predicted molar refractivity (Wildman–Crippen MR) is 59.2 cm³/mol. The molecule has 0 saturated heterocycles. The van der Waals surface area contributed by atoms with Crippen molar-refractivity contribution in [3.05, 3.63) is 32.9 Å². The number of rotatable bonds is 0. The molecule has 1 N–H and O–H groups in total. The van der Waals surface area contributed by atoms with E-state index in [9.17, 15) is 0 Å². The van der Waals surface area contributed by atoms with E-state index < -0.39 is 0 Å². The first kappa shape index (κ1) is 8.51. The number of halogens is 1. The summed E-state index contributed by atoms with van der Waals surface area (Å²) in [5.74, 6) is 0. The fraction of sp³-hybridized carbons (Fsp3) is 0.400. The highest BCUT2D eigenvalue weighted by Crippen LogP contribution is 2.18. The summed E-state index contributed by atoms with van der Waals surface area (Å²) in [5, 5.41) is 3.46. The zero-order valence-corrected chi connectivity index (χ0v) is 9.26. The zero-order valence-electron chi connectivity index (χ0n) is 7.10. The minimum atomic E-state index is 0.637. The predicted octanol–water partition coefficient (Wildman–Crippen LogP) is 2.33. The number of fused-ring (bicyclic) bond motifs is 1. The lowest BCUT2D eigenvalue weighted by Gasteiger charge is -2.23. The summed E-state index contributed by atoms with van der Waals surface area (Å²) in [5.41, 5.74) is 2.99. The molecule has 0 fully saturated rings. The van der Waals surface area contributed by atoms with Crippen LogP contribution < -0.4 is 5.32 Å². The average molecular weight is 273 g/mol. The normalized spacial score (nSPS) is 22.0. The fourth-order valence-corrected chi connectivity index (χ4v) is 2.20. The van der Waals surface area contributed by atoms with Crippen LogP contribution in [0.25, 0.3) is 0 Å². The van der Waals surface area contributed by atoms with Gasteiger partial charge in [0.25, 0.3) is 0 Å². The number of hydrogen-bond donors (Lipinski definition) is 1. The molecule has 12 heavy (non-hydrogen) atoms. The second-order valence-corrected chi connectivity index (χ2v) is 4.64. The second-order valence-electron chi connectivity index (χ2n) is 3.40. The van der Waals surface area contributed by atoms with Crippen molar-refractivity contribution < 1.29 is 0 Å². The molecule has 64 valence electrons. The van der Waals surface area contributed by atoms with Crippen LogP contribution in [0.1, 0.15) is 18.1 Å². The van der Waals surface area contributed by atoms with Crippen LogP contribution in [-0.4, -0.2) is 6.04 Å². The van der Waals surface area contributed by atoms with Gasteiger partial charge in [-0.3, -0.25) is 0 Å². The van der Waals surface area contributed by atoms with Crippen LogP contribution in [0.3, 0.4) is 0 Å². The van der Waals surface area contributed by atoms with Gasteiger partial charge in [-0.25, -0.2) is 0 Å². The highest BCUT2D eigenvalue weighted by atomic mass is 127. The van der Waals surface area contributed by atoms with Crippen LogP contribution in [0.15, 0.2) is 18.2 Å². The summed E-state index contributed by atoms with van der Waals surface area (Å²) in [6, 6.07) is 7.36. The van der Waals surface area contributed by atoms with E-state index in [2.05, 4.69) is 53.0 Å². The summed E-state index contributed by atoms with van der Waals surface area (Å²) in [6.07, 6.45) is 1.17. The molecule has 2 heteroatoms. The van der Waals surface area contributed by atoms with Gasteiger partial charge in [0, 0.05) is 16.2 Å². The summed E-state index contributed by atoms with van der Waals surface area (Å²) in [6.45, 7) is 3.27. The van der Waals surface area contributed by atoms with E-state index in [0.29, 0.717) is 6.04 Å². The van der Waals surface area contributed by atoms with E-state index in [1.54, 1.807) is 0 Å². The van der Waals surface area contributed by atoms with Crippen LogP contribution in [0.5, 0.6) is 0 Å². The minimum absolute atomic E-state index is 0.637. The van der Waals surface area contributed by atoms with E-state index in [1.165, 1.54) is 21.1 Å². The van der Waals surface area contributed by atoms with Gasteiger partial charge in [0.05, 0.1) is 0 Å². The number of nitrogens with one attached hydrogen (secondary N) is 1. The SMILES string of the molecule is CC1Cc2ccc(I)cc2CN1. The molecule has 1 atom stereocenters. The molecule has 2 rings (SSSR count). The summed E-state index contributed by atoms with van der Waals surface area (Å²) in [4.78, 5) is 0. The molecule has 1 heterocycles. The second kappa shape index (κ2) is 3.34. The molecular formula is C10H12IN. The highest BCUT2D eigenvalue weighted by Gasteiger charge is 2.13. The molecule has 1 nitrogen and oxygen atoms in total. The van der Waals surface area contributed by atoms with Crippen LogP contribution in [-0.2, 0) is 13.0 Å². The van der Waals surface area contributed by atoms with Crippen molar-refractivity contribution in [2.24, 2.45) is 0 Å². The maximum Gasteiger partial charge on any atom is 0.0211 e. The topological polar surface area (TPSA) is 12.0 Å². The first-order valence-electron chi connectivity index (χ1n) is 4.26. The van der Waals surface area contributed by atoms with Gasteiger partial charge >= 0.3 is 0 Å². The molecule has 0 amide bonds. The molecule has 0 spiro atoms. The Morgan fingerprint density at radius 2 is 2.25 bits per heavy atom. The summed E-state index contributed by atoms with van der Waals surface area (Å²) in [7, 11) is 0. The monoisotopic (exact) mass is 273 g/mol. The molecule has 1 aromatic rings. The van der Waals surface area contributed by atoms with Gasteiger partial charge in [-0.1, -0.05) is 6.07 Å². The van der Waals surface area contributed by atoms with Crippen LogP contribution >= 0.6 is 22.6 Å². The van der Waals surface area contributed by atoms with E-state index in [0.717, 1.165) is 6.54 Å². The standard InChI is InChI=1S/C10H12IN/c1-7-4-8-2-3-10(11)5-9(8)6-12-7/h2-3,5,7,12H,4,6H2,1H3. The Hall–Kier alpha value is -0.0900. The van der Waals surface area contributed by atoms with Crippen LogP contribution in [0.4, 0.5) is 0 Å². The van der Waals surface area contributed by atoms with Gasteiger partial charge < -0.3 is 5.32 Å². The number of benzene rings is 1. The maximum atomic E-state index is 3.46. The largest absolute Gasteiger partial charge is 0.310 e. The first-order chi connectivity index (χ1) is 5.75. The Morgan fingerprint density at radius 3 is 3.08 bits per heavy atom. The molecule has 1 aliphatic heterocycles. The highest BCUT2D eigenvalue weighted by molar-refractivity contribution is 14.1. The third-order valence-corrected chi connectivity index (χ3v) is 3.01. The van der Waals surface area contributed by atoms with Crippen LogP contribution in [0.2, 0.25) is 0 Å². The quantitative estimate of drug-likeness (QED) is 0.715. The summed E-state index contributed by atoms with van der Waals surface area (Å²) < 4.78 is 1.34. The van der Waals surface area contributed by atoms with Crippen molar-refractivity contribution in [3.63, 3.8) is 0 Å². The smallest absolute Gasteiger partial charge is 0.0211 e. The minimum Gasteiger partial charge on any atom is -0.310 e. The maximum absolute atomic E-state index is 3.46. The van der Waals surface area contributed by atoms with Crippen LogP contribution in [0, 0.1) is 3.57 Å². The Kier molecular flexibility index (Phi) is 2.37. The van der Waals surface area contributed by atoms with E-state index in [-0.39, 0.29) is 0 Å². The molecule has 1 aromatic carbocycles. The average Bonchev–Trinajstić information content (AvgIpc) is 2.05. The van der Waals surface area contributed by atoms with Crippen molar-refractivity contribution in [3.8, 4) is 0 Å². The zero-order chi connectivity index (χ0) is 8.55. The van der Waals surface area contributed by atoms with Gasteiger partial charge in [0.2, 0.25) is 0 Å². The Balaban J connectivity index is 2.37. The third kappa shape index (κ3) is 1.64. The summed E-state index contributed by atoms with van der Waals surface area (Å²) >= 11 is 2.36. The third-order valence-electron chi connectivity index (χ3n) is 2.34. The Bertz CT molecular complexity index is 296. The van der Waals surface area contributed by atoms with Crippen molar-refractivity contribution in [1.29, 1.82) is 0 Å². The van der Waals surface area contributed by atoms with E-state index in [1.807, 2.05) is 0 Å². The Labute approximate surface area is 86.7 Å². The molecular weight excluding hydrogens is 261 g/mol. The fourth-order valence-electron chi connectivity index (χ4n) is 1.64. The lowest BCUT2D eigenvalue weighted by molar-refractivity contribution is 0.513. The molecule has 0 bridgehead atoms. The lowest BCUT2D eigenvalue weighted by atomic mass is 9.97. The van der Waals surface area contributed by atoms with Gasteiger partial charge in [0.1, 0.15) is 0 Å². The van der Waals surface area contributed by atoms with Crippen molar-refractivity contribution in [1.82, 2.24) is 5.32 Å². The molecule has 1 unspecified atom stereocenters. The van der Waals surface area contributed by atoms with Gasteiger partial charge in [0.15, 0.2) is 0 Å². The molecule has 1 aliphatic rings. The molecule has 0 radical (unpaired) electrons. The van der Waals surface area contributed by atoms with Crippen molar-refractivity contribution in [2.45, 2.75) is 25.9 Å². The first-order valence-corrected chi connectivity index (χ1v) is 5.34. The van der Waals surface area contributed by atoms with Crippen molar-refractivity contribution in [2.75, 3.05) is 0 Å². The van der Waals surface area contributed by atoms with Gasteiger partial charge in [-0.15, -0.1) is 0 Å². The van der Waals surface area contributed by atoms with Gasteiger partial charge in [-0.05, 0) is 59.2 Å².